The lowest BCUT2D eigenvalue weighted by atomic mass is 10.00. The number of hydrogen-bond donors (Lipinski definition) is 2. The summed E-state index contributed by atoms with van der Waals surface area (Å²) < 4.78 is 20.3. The number of fused-ring (bicyclic) bond motifs is 1. The van der Waals surface area contributed by atoms with E-state index in [-0.39, 0.29) is 11.7 Å². The number of nitrogens with zero attached hydrogens (tertiary/aromatic N) is 3. The number of rotatable bonds is 9. The molecule has 4 heterocycles. The number of ether oxygens (including phenoxy) is 3. The summed E-state index contributed by atoms with van der Waals surface area (Å²) in [6, 6.07) is 7.10. The summed E-state index contributed by atoms with van der Waals surface area (Å²) in [7, 11) is 1.76. The molecule has 2 saturated heterocycles. The molecule has 2 fully saturated rings. The molecule has 3 aromatic rings. The van der Waals surface area contributed by atoms with Crippen LogP contribution in [0.25, 0.3) is 22.4 Å². The number of esters is 1. The number of pyridine rings is 1. The molecule has 1 aromatic carbocycles. The molecule has 0 spiro atoms. The normalized spacial score (nSPS) is 19.8. The van der Waals surface area contributed by atoms with E-state index in [1.165, 1.54) is 0 Å². The van der Waals surface area contributed by atoms with Crippen molar-refractivity contribution in [2.75, 3.05) is 26.4 Å². The molecular formula is C29H38N4O6. The van der Waals surface area contributed by atoms with Gasteiger partial charge in [-0.3, -0.25) is 14.9 Å². The summed E-state index contributed by atoms with van der Waals surface area (Å²) >= 11 is 0. The zero-order chi connectivity index (χ0) is 27.5. The molecule has 3 atom stereocenters. The predicted octanol–water partition coefficient (Wildman–Crippen LogP) is 2.31. The summed E-state index contributed by atoms with van der Waals surface area (Å²) in [5.74, 6) is 0.808. The second-order valence-corrected chi connectivity index (χ2v) is 10.8. The maximum absolute atomic E-state index is 12.7. The lowest BCUT2D eigenvalue weighted by Crippen LogP contribution is -2.46. The van der Waals surface area contributed by atoms with E-state index in [0.29, 0.717) is 37.7 Å². The minimum atomic E-state index is -0.915. The average molecular weight is 539 g/mol. The van der Waals surface area contributed by atoms with Gasteiger partial charge in [-0.15, -0.1) is 0 Å². The zero-order valence-electron chi connectivity index (χ0n) is 22.9. The van der Waals surface area contributed by atoms with Crippen LogP contribution in [0.2, 0.25) is 0 Å². The first kappa shape index (κ1) is 27.5. The van der Waals surface area contributed by atoms with Gasteiger partial charge in [0, 0.05) is 57.1 Å². The van der Waals surface area contributed by atoms with E-state index in [1.54, 1.807) is 18.5 Å². The van der Waals surface area contributed by atoms with Crippen LogP contribution in [-0.2, 0) is 39.1 Å². The Hall–Kier alpha value is -3.05. The van der Waals surface area contributed by atoms with Crippen LogP contribution in [0.4, 0.5) is 0 Å². The van der Waals surface area contributed by atoms with Crippen molar-refractivity contribution in [3.8, 4) is 11.4 Å². The summed E-state index contributed by atoms with van der Waals surface area (Å²) in [5, 5.41) is 13.5. The van der Waals surface area contributed by atoms with Gasteiger partial charge in [-0.2, -0.15) is 0 Å². The van der Waals surface area contributed by atoms with Crippen LogP contribution in [0.15, 0.2) is 35.3 Å². The molecule has 210 valence electrons. The highest BCUT2D eigenvalue weighted by molar-refractivity contribution is 5.81. The van der Waals surface area contributed by atoms with Gasteiger partial charge in [-0.25, -0.2) is 4.98 Å². The van der Waals surface area contributed by atoms with E-state index in [9.17, 15) is 14.7 Å². The van der Waals surface area contributed by atoms with Crippen molar-refractivity contribution in [1.29, 1.82) is 0 Å². The molecule has 5 rings (SSSR count). The quantitative estimate of drug-likeness (QED) is 0.399. The van der Waals surface area contributed by atoms with Crippen LogP contribution in [0.5, 0.6) is 0 Å². The number of aryl methyl sites for hydroxylation is 2. The van der Waals surface area contributed by atoms with Crippen molar-refractivity contribution in [2.45, 2.75) is 64.4 Å². The number of hydrogen-bond acceptors (Lipinski definition) is 8. The summed E-state index contributed by atoms with van der Waals surface area (Å²) in [6.45, 7) is 7.05. The van der Waals surface area contributed by atoms with Crippen molar-refractivity contribution < 1.29 is 24.1 Å². The summed E-state index contributed by atoms with van der Waals surface area (Å²) in [6.07, 6.45) is 3.29. The second-order valence-electron chi connectivity index (χ2n) is 10.8. The molecule has 0 bridgehead atoms. The summed E-state index contributed by atoms with van der Waals surface area (Å²) in [4.78, 5) is 30.1. The Morgan fingerprint density at radius 1 is 1.21 bits per heavy atom. The van der Waals surface area contributed by atoms with E-state index in [1.807, 2.05) is 31.3 Å². The van der Waals surface area contributed by atoms with Gasteiger partial charge in [0.25, 0.3) is 5.56 Å². The minimum absolute atomic E-state index is 0.0224. The average Bonchev–Trinajstić information content (AvgIpc) is 3.55. The van der Waals surface area contributed by atoms with Gasteiger partial charge in [-0.05, 0) is 56.4 Å². The Morgan fingerprint density at radius 3 is 2.67 bits per heavy atom. The SMILES string of the molecule is Cc1cc(-c2nc3ccc(CNC(C(=O)O[C@@H]4CCOC4)C(C)O)cc3n2CC2CCOCC2)cn(C)c1=O. The summed E-state index contributed by atoms with van der Waals surface area (Å²) in [5.41, 5.74) is 4.35. The monoisotopic (exact) mass is 538 g/mol. The molecular weight excluding hydrogens is 500 g/mol. The van der Waals surface area contributed by atoms with Crippen LogP contribution in [0, 0.1) is 12.8 Å². The molecule has 39 heavy (non-hydrogen) atoms. The Bertz CT molecular complexity index is 1340. The van der Waals surface area contributed by atoms with E-state index < -0.39 is 18.1 Å². The number of aliphatic hydroxyl groups is 1. The topological polar surface area (TPSA) is 117 Å². The smallest absolute Gasteiger partial charge is 0.326 e. The highest BCUT2D eigenvalue weighted by Crippen LogP contribution is 2.29. The number of nitrogens with one attached hydrogen (secondary N) is 1. The number of carbonyl (C=O) groups excluding carboxylic acids is 1. The molecule has 2 unspecified atom stereocenters. The van der Waals surface area contributed by atoms with Gasteiger partial charge < -0.3 is 28.5 Å². The molecule has 0 aliphatic carbocycles. The Balaban J connectivity index is 1.43. The number of aromatic nitrogens is 3. The fraction of sp³-hybridized carbons (Fsp3) is 0.552. The molecule has 2 N–H and O–H groups in total. The zero-order valence-corrected chi connectivity index (χ0v) is 22.9. The molecule has 0 saturated carbocycles. The maximum atomic E-state index is 12.7. The Kier molecular flexibility index (Phi) is 8.46. The van der Waals surface area contributed by atoms with Gasteiger partial charge in [-0.1, -0.05) is 6.07 Å². The van der Waals surface area contributed by atoms with E-state index in [0.717, 1.165) is 60.6 Å². The van der Waals surface area contributed by atoms with Gasteiger partial charge >= 0.3 is 5.97 Å². The van der Waals surface area contributed by atoms with Gasteiger partial charge in [0.1, 0.15) is 18.0 Å². The minimum Gasteiger partial charge on any atom is -0.459 e. The highest BCUT2D eigenvalue weighted by Gasteiger charge is 2.29. The third-order valence-corrected chi connectivity index (χ3v) is 7.65. The largest absolute Gasteiger partial charge is 0.459 e. The molecule has 2 aliphatic heterocycles. The lowest BCUT2D eigenvalue weighted by Gasteiger charge is -2.24. The van der Waals surface area contributed by atoms with E-state index >= 15 is 0 Å². The van der Waals surface area contributed by atoms with Gasteiger partial charge in [0.05, 0.1) is 30.4 Å². The van der Waals surface area contributed by atoms with Crippen molar-refractivity contribution in [3.63, 3.8) is 0 Å². The third kappa shape index (κ3) is 6.24. The fourth-order valence-electron chi connectivity index (χ4n) is 5.39. The lowest BCUT2D eigenvalue weighted by molar-refractivity contribution is -0.154. The molecule has 0 radical (unpaired) electrons. The van der Waals surface area contributed by atoms with Crippen molar-refractivity contribution >= 4 is 17.0 Å². The maximum Gasteiger partial charge on any atom is 0.326 e. The molecule has 10 heteroatoms. The van der Waals surface area contributed by atoms with E-state index in [2.05, 4.69) is 16.0 Å². The predicted molar refractivity (Wildman–Crippen MR) is 146 cm³/mol. The molecule has 0 amide bonds. The standard InChI is InChI=1S/C29H38N4O6/c1-18-12-22(16-32(3)28(18)35)27-31-24-5-4-21(13-25(24)33(27)15-20-6-9-37-10-7-20)14-30-26(19(2)34)29(36)39-23-8-11-38-17-23/h4-5,12-13,16,19-20,23,26,30,34H,6-11,14-15,17H2,1-3H3/t19?,23-,26?/m1/s1. The molecule has 2 aromatic heterocycles. The highest BCUT2D eigenvalue weighted by atomic mass is 16.6. The van der Waals surface area contributed by atoms with Crippen LogP contribution in [0.3, 0.4) is 0 Å². The van der Waals surface area contributed by atoms with Gasteiger partial charge in [0.15, 0.2) is 0 Å². The number of imidazole rings is 1. The van der Waals surface area contributed by atoms with Crippen molar-refractivity contribution in [2.24, 2.45) is 13.0 Å². The first-order valence-electron chi connectivity index (χ1n) is 13.7. The number of benzene rings is 1. The first-order chi connectivity index (χ1) is 18.8. The fourth-order valence-corrected chi connectivity index (χ4v) is 5.39. The Labute approximate surface area is 227 Å². The van der Waals surface area contributed by atoms with Crippen LogP contribution in [0.1, 0.15) is 37.3 Å². The third-order valence-electron chi connectivity index (χ3n) is 7.65. The molecule has 2 aliphatic rings. The number of carbonyl (C=O) groups is 1. The van der Waals surface area contributed by atoms with Gasteiger partial charge in [0.2, 0.25) is 0 Å². The van der Waals surface area contributed by atoms with Crippen LogP contribution >= 0.6 is 0 Å². The van der Waals surface area contributed by atoms with E-state index in [4.69, 9.17) is 19.2 Å². The number of aliphatic hydroxyl groups excluding tert-OH is 1. The van der Waals surface area contributed by atoms with Crippen molar-refractivity contribution in [1.82, 2.24) is 19.4 Å². The van der Waals surface area contributed by atoms with Crippen molar-refractivity contribution in [3.05, 3.63) is 51.9 Å². The van der Waals surface area contributed by atoms with Crippen LogP contribution in [-0.4, -0.2) is 69.9 Å². The second kappa shape index (κ2) is 12.0. The molecule has 10 nitrogen and oxygen atoms in total. The first-order valence-corrected chi connectivity index (χ1v) is 13.7. The Morgan fingerprint density at radius 2 is 1.97 bits per heavy atom. The van der Waals surface area contributed by atoms with Crippen LogP contribution < -0.4 is 10.9 Å².